The largest absolute Gasteiger partial charge is 0.486 e. The summed E-state index contributed by atoms with van der Waals surface area (Å²) >= 11 is 0. The minimum absolute atomic E-state index is 0.0202. The Morgan fingerprint density at radius 3 is 2.27 bits per heavy atom. The zero-order valence-corrected chi connectivity index (χ0v) is 23.2. The molecule has 1 aliphatic carbocycles. The fourth-order valence-electron chi connectivity index (χ4n) is 5.16. The lowest BCUT2D eigenvalue weighted by Gasteiger charge is -2.35. The fraction of sp³-hybridized carbons (Fsp3) is 0.429. The summed E-state index contributed by atoms with van der Waals surface area (Å²) in [5.74, 6) is -1.75. The highest BCUT2D eigenvalue weighted by molar-refractivity contribution is 7.88. The molecule has 2 heterocycles. The molecule has 0 radical (unpaired) electrons. The van der Waals surface area contributed by atoms with Crippen molar-refractivity contribution < 1.29 is 21.9 Å². The van der Waals surface area contributed by atoms with Crippen LogP contribution in [-0.2, 0) is 15.8 Å². The van der Waals surface area contributed by atoms with Gasteiger partial charge in [0.25, 0.3) is 0 Å². The molecule has 214 valence electrons. The highest BCUT2D eigenvalue weighted by Gasteiger charge is 2.43. The third-order valence-corrected chi connectivity index (χ3v) is 9.42. The standard InChI is InChI=1S/C28H33F2N5O4S/c1-2-7-28(8-9-28)19-39-26-25(17-32-35(27(26)36)24-15-21(29)14-22(30)16-24)33-10-12-34(13-11-33)40(37,38)18-20-3-5-23(31)6-4-20/h3-6,14-17H,2,7-13,18-19,31H2,1H3. The van der Waals surface area contributed by atoms with Crippen LogP contribution in [0.1, 0.15) is 38.2 Å². The van der Waals surface area contributed by atoms with Crippen molar-refractivity contribution in [2.75, 3.05) is 43.4 Å². The smallest absolute Gasteiger partial charge is 0.316 e. The number of aromatic nitrogens is 2. The SMILES string of the molecule is CCCC1(COc2c(N3CCN(S(=O)(=O)Cc4ccc(N)cc4)CC3)cnn(-c3cc(F)cc(F)c3)c2=O)CC1. The summed E-state index contributed by atoms with van der Waals surface area (Å²) in [6, 6.07) is 9.53. The predicted octanol–water partition coefficient (Wildman–Crippen LogP) is 3.70. The number of rotatable bonds is 10. The Hall–Kier alpha value is -3.51. The van der Waals surface area contributed by atoms with Crippen LogP contribution in [0, 0.1) is 17.0 Å². The van der Waals surface area contributed by atoms with Gasteiger partial charge >= 0.3 is 5.56 Å². The maximum Gasteiger partial charge on any atom is 0.316 e. The first kappa shape index (κ1) is 28.0. The molecule has 2 aliphatic rings. The number of nitrogen functional groups attached to an aromatic ring is 1. The lowest BCUT2D eigenvalue weighted by molar-refractivity contribution is 0.220. The van der Waals surface area contributed by atoms with Crippen LogP contribution in [0.5, 0.6) is 5.75 Å². The van der Waals surface area contributed by atoms with E-state index in [1.54, 1.807) is 24.3 Å². The van der Waals surface area contributed by atoms with Crippen molar-refractivity contribution in [3.8, 4) is 11.4 Å². The molecule has 2 aromatic carbocycles. The van der Waals surface area contributed by atoms with Gasteiger partial charge in [-0.3, -0.25) is 4.79 Å². The van der Waals surface area contributed by atoms with Gasteiger partial charge in [0, 0.05) is 43.3 Å². The third kappa shape index (κ3) is 6.12. The van der Waals surface area contributed by atoms with E-state index in [1.165, 1.54) is 10.5 Å². The van der Waals surface area contributed by atoms with Gasteiger partial charge in [-0.05, 0) is 49.1 Å². The van der Waals surface area contributed by atoms with Gasteiger partial charge in [0.1, 0.15) is 17.3 Å². The van der Waals surface area contributed by atoms with Crippen LogP contribution in [0.15, 0.2) is 53.5 Å². The number of hydrogen-bond donors (Lipinski definition) is 1. The molecule has 0 spiro atoms. The van der Waals surface area contributed by atoms with Crippen molar-refractivity contribution in [1.82, 2.24) is 14.1 Å². The summed E-state index contributed by atoms with van der Waals surface area (Å²) in [6.07, 6.45) is 5.43. The van der Waals surface area contributed by atoms with Crippen LogP contribution in [0.3, 0.4) is 0 Å². The fourth-order valence-corrected chi connectivity index (χ4v) is 6.67. The van der Waals surface area contributed by atoms with E-state index in [2.05, 4.69) is 12.0 Å². The van der Waals surface area contributed by atoms with Gasteiger partial charge in [0.05, 0.1) is 24.2 Å². The number of nitrogens with zero attached hydrogens (tertiary/aromatic N) is 4. The van der Waals surface area contributed by atoms with Crippen molar-refractivity contribution in [2.24, 2.45) is 5.41 Å². The zero-order chi connectivity index (χ0) is 28.5. The third-order valence-electron chi connectivity index (χ3n) is 7.57. The van der Waals surface area contributed by atoms with E-state index < -0.39 is 27.2 Å². The van der Waals surface area contributed by atoms with Crippen molar-refractivity contribution in [3.63, 3.8) is 0 Å². The van der Waals surface area contributed by atoms with E-state index in [0.29, 0.717) is 36.6 Å². The van der Waals surface area contributed by atoms with E-state index in [0.717, 1.165) is 48.6 Å². The molecule has 0 unspecified atom stereocenters. The number of ether oxygens (including phenoxy) is 1. The summed E-state index contributed by atoms with van der Waals surface area (Å²) in [5, 5.41) is 4.20. The molecule has 40 heavy (non-hydrogen) atoms. The number of hydrogen-bond acceptors (Lipinski definition) is 7. The molecule has 3 aromatic rings. The van der Waals surface area contributed by atoms with Crippen LogP contribution >= 0.6 is 0 Å². The monoisotopic (exact) mass is 573 g/mol. The first-order valence-electron chi connectivity index (χ1n) is 13.4. The topological polar surface area (TPSA) is 111 Å². The molecular weight excluding hydrogens is 540 g/mol. The molecule has 2 fully saturated rings. The Morgan fingerprint density at radius 2 is 1.68 bits per heavy atom. The summed E-state index contributed by atoms with van der Waals surface area (Å²) in [4.78, 5) is 15.5. The van der Waals surface area contributed by atoms with E-state index in [9.17, 15) is 22.0 Å². The quantitative estimate of drug-likeness (QED) is 0.368. The van der Waals surface area contributed by atoms with Crippen molar-refractivity contribution in [3.05, 3.63) is 76.2 Å². The number of benzene rings is 2. The Morgan fingerprint density at radius 1 is 1.02 bits per heavy atom. The highest BCUT2D eigenvalue weighted by Crippen LogP contribution is 2.50. The van der Waals surface area contributed by atoms with Gasteiger partial charge in [-0.25, -0.2) is 17.2 Å². The summed E-state index contributed by atoms with van der Waals surface area (Å²) in [5.41, 5.74) is 6.69. The molecule has 9 nitrogen and oxygen atoms in total. The minimum Gasteiger partial charge on any atom is -0.486 e. The predicted molar refractivity (Wildman–Crippen MR) is 149 cm³/mol. The van der Waals surface area contributed by atoms with Gasteiger partial charge in [-0.1, -0.05) is 25.5 Å². The maximum atomic E-state index is 13.9. The van der Waals surface area contributed by atoms with Crippen LogP contribution in [-0.4, -0.2) is 55.3 Å². The molecule has 0 bridgehead atoms. The Balaban J connectivity index is 1.38. The van der Waals surface area contributed by atoms with Crippen LogP contribution in [0.4, 0.5) is 20.2 Å². The Labute approximate surface area is 232 Å². The number of nitrogens with two attached hydrogens (primary N) is 1. The van der Waals surface area contributed by atoms with Gasteiger partial charge < -0.3 is 15.4 Å². The Kier molecular flexibility index (Phi) is 7.83. The van der Waals surface area contributed by atoms with Gasteiger partial charge in [-0.2, -0.15) is 14.1 Å². The van der Waals surface area contributed by atoms with E-state index in [4.69, 9.17) is 10.5 Å². The minimum atomic E-state index is -3.57. The van der Waals surface area contributed by atoms with Gasteiger partial charge in [0.15, 0.2) is 0 Å². The summed E-state index contributed by atoms with van der Waals surface area (Å²) in [7, 11) is -3.57. The Bertz CT molecular complexity index is 1510. The van der Waals surface area contributed by atoms with E-state index in [1.807, 2.05) is 4.90 Å². The number of anilines is 2. The second-order valence-electron chi connectivity index (χ2n) is 10.6. The normalized spacial score (nSPS) is 17.1. The molecule has 1 aromatic heterocycles. The second-order valence-corrected chi connectivity index (χ2v) is 12.6. The zero-order valence-electron chi connectivity index (χ0n) is 22.4. The van der Waals surface area contributed by atoms with E-state index >= 15 is 0 Å². The maximum absolute atomic E-state index is 13.9. The molecular formula is C28H33F2N5O4S. The molecule has 1 aliphatic heterocycles. The average Bonchev–Trinajstić information content (AvgIpc) is 3.68. The molecule has 1 saturated carbocycles. The highest BCUT2D eigenvalue weighted by atomic mass is 32.2. The molecule has 12 heteroatoms. The van der Waals surface area contributed by atoms with Crippen LogP contribution < -0.4 is 20.9 Å². The van der Waals surface area contributed by atoms with Crippen molar-refractivity contribution in [2.45, 2.75) is 38.4 Å². The molecule has 2 N–H and O–H groups in total. The molecule has 0 amide bonds. The second kappa shape index (κ2) is 11.2. The lowest BCUT2D eigenvalue weighted by Crippen LogP contribution is -2.49. The lowest BCUT2D eigenvalue weighted by atomic mass is 10.0. The molecule has 5 rings (SSSR count). The van der Waals surface area contributed by atoms with Crippen molar-refractivity contribution in [1.29, 1.82) is 0 Å². The van der Waals surface area contributed by atoms with E-state index in [-0.39, 0.29) is 35.7 Å². The first-order valence-corrected chi connectivity index (χ1v) is 15.0. The van der Waals surface area contributed by atoms with Gasteiger partial charge in [-0.15, -0.1) is 0 Å². The average molecular weight is 574 g/mol. The molecule has 1 saturated heterocycles. The van der Waals surface area contributed by atoms with Crippen LogP contribution in [0.25, 0.3) is 5.69 Å². The van der Waals surface area contributed by atoms with Crippen molar-refractivity contribution >= 4 is 21.4 Å². The van der Waals surface area contributed by atoms with Crippen LogP contribution in [0.2, 0.25) is 0 Å². The molecule has 0 atom stereocenters. The summed E-state index contributed by atoms with van der Waals surface area (Å²) < 4.78 is 62.5. The number of piperazine rings is 1. The first-order chi connectivity index (χ1) is 19.1. The number of sulfonamides is 1. The number of halogens is 2. The summed E-state index contributed by atoms with van der Waals surface area (Å²) in [6.45, 7) is 3.52. The van der Waals surface area contributed by atoms with Gasteiger partial charge in [0.2, 0.25) is 15.8 Å².